The second kappa shape index (κ2) is 8.07. The van der Waals surface area contributed by atoms with Crippen molar-refractivity contribution >= 4 is 34.3 Å². The van der Waals surface area contributed by atoms with Crippen LogP contribution >= 0.6 is 0 Å². The van der Waals surface area contributed by atoms with E-state index in [0.717, 1.165) is 0 Å². The number of rotatable bonds is 5. The van der Waals surface area contributed by atoms with E-state index in [1.54, 1.807) is 25.1 Å². The Morgan fingerprint density at radius 2 is 2.13 bits per heavy atom. The summed E-state index contributed by atoms with van der Waals surface area (Å²) in [7, 11) is 0. The zero-order valence-electron chi connectivity index (χ0n) is 16.7. The van der Waals surface area contributed by atoms with Crippen LogP contribution in [0.3, 0.4) is 0 Å². The highest BCUT2D eigenvalue weighted by Crippen LogP contribution is 2.23. The van der Waals surface area contributed by atoms with E-state index in [9.17, 15) is 19.2 Å². The molecular weight excluding hydrogens is 404 g/mol. The van der Waals surface area contributed by atoms with Gasteiger partial charge in [-0.1, -0.05) is 11.3 Å². The molecule has 0 aliphatic carbocycles. The first-order valence-electron chi connectivity index (χ1n) is 9.66. The van der Waals surface area contributed by atoms with Crippen LogP contribution in [-0.4, -0.2) is 48.8 Å². The van der Waals surface area contributed by atoms with Gasteiger partial charge in [-0.05, 0) is 25.5 Å². The van der Waals surface area contributed by atoms with E-state index < -0.39 is 23.4 Å². The molecule has 160 valence electrons. The van der Waals surface area contributed by atoms with E-state index in [0.29, 0.717) is 24.6 Å². The third kappa shape index (κ3) is 3.80. The first-order valence-corrected chi connectivity index (χ1v) is 9.66. The van der Waals surface area contributed by atoms with Crippen LogP contribution in [0.1, 0.15) is 35.2 Å². The van der Waals surface area contributed by atoms with Crippen molar-refractivity contribution in [2.75, 3.05) is 11.9 Å². The van der Waals surface area contributed by atoms with Crippen LogP contribution in [0.25, 0.3) is 10.9 Å². The molecule has 3 aromatic rings. The summed E-state index contributed by atoms with van der Waals surface area (Å²) in [4.78, 5) is 53.9. The summed E-state index contributed by atoms with van der Waals surface area (Å²) in [5, 5.41) is 12.8. The lowest BCUT2D eigenvalue weighted by Gasteiger charge is -2.24. The second-order valence-electron chi connectivity index (χ2n) is 7.11. The second-order valence-corrected chi connectivity index (χ2v) is 7.11. The molecule has 0 spiro atoms. The van der Waals surface area contributed by atoms with Crippen molar-refractivity contribution in [1.29, 1.82) is 0 Å². The Balaban J connectivity index is 1.70. The normalized spacial score (nSPS) is 16.4. The van der Waals surface area contributed by atoms with E-state index in [1.807, 2.05) is 0 Å². The zero-order chi connectivity index (χ0) is 22.1. The summed E-state index contributed by atoms with van der Waals surface area (Å²) >= 11 is 0. The predicted molar refractivity (Wildman–Crippen MR) is 109 cm³/mol. The minimum atomic E-state index is -0.821. The lowest BCUT2D eigenvalue weighted by atomic mass is 10.1. The Morgan fingerprint density at radius 3 is 2.87 bits per heavy atom. The summed E-state index contributed by atoms with van der Waals surface area (Å²) in [5.74, 6) is -1.12. The maximum absolute atomic E-state index is 13.2. The summed E-state index contributed by atoms with van der Waals surface area (Å²) in [5.41, 5.74) is 5.75. The Bertz CT molecular complexity index is 1260. The minimum absolute atomic E-state index is 0.0964. The maximum Gasteiger partial charge on any atom is 0.277 e. The van der Waals surface area contributed by atoms with Gasteiger partial charge >= 0.3 is 0 Å². The molecule has 3 amide bonds. The lowest BCUT2D eigenvalue weighted by molar-refractivity contribution is -0.135. The molecule has 4 rings (SSSR count). The number of piperidine rings is 1. The van der Waals surface area contributed by atoms with Crippen LogP contribution in [-0.2, 0) is 16.1 Å². The molecule has 1 unspecified atom stereocenters. The molecule has 2 aromatic heterocycles. The van der Waals surface area contributed by atoms with E-state index >= 15 is 0 Å². The summed E-state index contributed by atoms with van der Waals surface area (Å²) < 4.78 is 2.74. The number of carbonyl (C=O) groups is 3. The highest BCUT2D eigenvalue weighted by atomic mass is 16.2. The zero-order valence-corrected chi connectivity index (χ0v) is 16.7. The number of fused-ring (bicyclic) bond motifs is 1. The minimum Gasteiger partial charge on any atom is -0.329 e. The standard InChI is InChI=1S/C19H20N8O4/c1-10-21-16-11(19(31)27(10)14-5-6-15(28)23-18(14)30)3-2-4-12(16)22-17(29)13-9-26(8-7-20)25-24-13/h2-4,9,14H,5-8,20H2,1H3,(H,22,29)(H,23,28,30). The van der Waals surface area contributed by atoms with Gasteiger partial charge in [-0.15, -0.1) is 5.10 Å². The topological polar surface area (TPSA) is 167 Å². The van der Waals surface area contributed by atoms with Crippen LogP contribution < -0.4 is 21.9 Å². The van der Waals surface area contributed by atoms with Gasteiger partial charge in [0.2, 0.25) is 11.8 Å². The Labute approximate surface area is 175 Å². The van der Waals surface area contributed by atoms with Gasteiger partial charge in [0.05, 0.1) is 23.8 Å². The number of aromatic nitrogens is 5. The van der Waals surface area contributed by atoms with Gasteiger partial charge in [-0.3, -0.25) is 33.7 Å². The average Bonchev–Trinajstić information content (AvgIpc) is 3.19. The maximum atomic E-state index is 13.2. The van der Waals surface area contributed by atoms with Gasteiger partial charge in [-0.2, -0.15) is 0 Å². The number of para-hydroxylation sites is 1. The average molecular weight is 424 g/mol. The molecule has 0 bridgehead atoms. The van der Waals surface area contributed by atoms with Gasteiger partial charge in [0, 0.05) is 13.0 Å². The number of benzene rings is 1. The van der Waals surface area contributed by atoms with Crippen molar-refractivity contribution < 1.29 is 14.4 Å². The number of hydrogen-bond acceptors (Lipinski definition) is 8. The quantitative estimate of drug-likeness (QED) is 0.460. The number of nitrogens with one attached hydrogen (secondary N) is 2. The predicted octanol–water partition coefficient (Wildman–Crippen LogP) is -0.515. The van der Waals surface area contributed by atoms with Crippen LogP contribution in [0.4, 0.5) is 5.69 Å². The van der Waals surface area contributed by atoms with Crippen LogP contribution in [0.15, 0.2) is 29.2 Å². The molecule has 12 nitrogen and oxygen atoms in total. The summed E-state index contributed by atoms with van der Waals surface area (Å²) in [6.45, 7) is 2.38. The number of nitrogens with zero attached hydrogens (tertiary/aromatic N) is 5. The molecular formula is C19H20N8O4. The lowest BCUT2D eigenvalue weighted by Crippen LogP contribution is -2.45. The van der Waals surface area contributed by atoms with Crippen molar-refractivity contribution in [3.8, 4) is 0 Å². The summed E-state index contributed by atoms with van der Waals surface area (Å²) in [6.07, 6.45) is 1.83. The Hall–Kier alpha value is -3.93. The fraction of sp³-hybridized carbons (Fsp3) is 0.316. The molecule has 3 heterocycles. The van der Waals surface area contributed by atoms with E-state index in [4.69, 9.17) is 5.73 Å². The number of carbonyl (C=O) groups excluding carboxylic acids is 3. The van der Waals surface area contributed by atoms with E-state index in [2.05, 4.69) is 25.9 Å². The van der Waals surface area contributed by atoms with Crippen LogP contribution in [0.5, 0.6) is 0 Å². The monoisotopic (exact) mass is 424 g/mol. The van der Waals surface area contributed by atoms with Crippen LogP contribution in [0.2, 0.25) is 0 Å². The van der Waals surface area contributed by atoms with Crippen molar-refractivity contribution in [1.82, 2.24) is 29.9 Å². The molecule has 1 aromatic carbocycles. The van der Waals surface area contributed by atoms with E-state index in [1.165, 1.54) is 15.4 Å². The van der Waals surface area contributed by atoms with Gasteiger partial charge in [0.1, 0.15) is 17.4 Å². The molecule has 4 N–H and O–H groups in total. The highest BCUT2D eigenvalue weighted by molar-refractivity contribution is 6.07. The fourth-order valence-corrected chi connectivity index (χ4v) is 3.56. The smallest absolute Gasteiger partial charge is 0.277 e. The Morgan fingerprint density at radius 1 is 1.32 bits per heavy atom. The third-order valence-electron chi connectivity index (χ3n) is 5.01. The SMILES string of the molecule is Cc1nc2c(NC(=O)c3cn(CCN)nn3)cccc2c(=O)n1C1CCC(=O)NC1=O. The first-order chi connectivity index (χ1) is 14.9. The van der Waals surface area contributed by atoms with Crippen molar-refractivity contribution in [3.05, 3.63) is 46.3 Å². The molecule has 31 heavy (non-hydrogen) atoms. The number of nitrogens with two attached hydrogens (primary N) is 1. The molecule has 1 atom stereocenters. The largest absolute Gasteiger partial charge is 0.329 e. The van der Waals surface area contributed by atoms with Crippen LogP contribution in [0, 0.1) is 6.92 Å². The highest BCUT2D eigenvalue weighted by Gasteiger charge is 2.30. The number of imide groups is 1. The van der Waals surface area contributed by atoms with Gasteiger partial charge in [-0.25, -0.2) is 4.98 Å². The molecule has 1 saturated heterocycles. The third-order valence-corrected chi connectivity index (χ3v) is 5.01. The van der Waals surface area contributed by atoms with E-state index in [-0.39, 0.29) is 35.3 Å². The summed E-state index contributed by atoms with van der Waals surface area (Å²) in [6, 6.07) is 3.97. The van der Waals surface area contributed by atoms with Crippen molar-refractivity contribution in [2.45, 2.75) is 32.4 Å². The van der Waals surface area contributed by atoms with Gasteiger partial charge < -0.3 is 11.1 Å². The van der Waals surface area contributed by atoms with Crippen molar-refractivity contribution in [2.24, 2.45) is 5.73 Å². The number of aryl methyl sites for hydroxylation is 1. The van der Waals surface area contributed by atoms with Gasteiger partial charge in [0.25, 0.3) is 11.5 Å². The number of hydrogen-bond donors (Lipinski definition) is 3. The fourth-order valence-electron chi connectivity index (χ4n) is 3.56. The molecule has 0 radical (unpaired) electrons. The molecule has 12 heteroatoms. The molecule has 1 aliphatic heterocycles. The molecule has 0 saturated carbocycles. The number of amides is 3. The molecule has 1 fully saturated rings. The first kappa shape index (κ1) is 20.3. The van der Waals surface area contributed by atoms with Crippen molar-refractivity contribution in [3.63, 3.8) is 0 Å². The Kier molecular flexibility index (Phi) is 5.29. The van der Waals surface area contributed by atoms with Gasteiger partial charge in [0.15, 0.2) is 5.69 Å². The number of anilines is 1. The molecule has 1 aliphatic rings.